The Labute approximate surface area is 109 Å². The first kappa shape index (κ1) is 13.1. The van der Waals surface area contributed by atoms with Crippen LogP contribution in [0.3, 0.4) is 0 Å². The van der Waals surface area contributed by atoms with E-state index in [1.54, 1.807) is 0 Å². The number of nitrogens with zero attached hydrogens (tertiary/aromatic N) is 1. The molecule has 0 bridgehead atoms. The first-order chi connectivity index (χ1) is 8.59. The quantitative estimate of drug-likeness (QED) is 0.889. The Morgan fingerprint density at radius 3 is 2.89 bits per heavy atom. The van der Waals surface area contributed by atoms with Crippen molar-refractivity contribution >= 4 is 5.91 Å². The molecule has 0 spiro atoms. The predicted molar refractivity (Wildman–Crippen MR) is 73.1 cm³/mol. The van der Waals surface area contributed by atoms with Gasteiger partial charge in [0.25, 0.3) is 0 Å². The monoisotopic (exact) mass is 246 g/mol. The molecule has 0 aromatic heterocycles. The lowest BCUT2D eigenvalue weighted by molar-refractivity contribution is -0.138. The molecule has 98 valence electrons. The fourth-order valence-corrected chi connectivity index (χ4v) is 2.65. The highest BCUT2D eigenvalue weighted by molar-refractivity contribution is 5.79. The normalized spacial score (nSPS) is 22.1. The van der Waals surface area contributed by atoms with Gasteiger partial charge < -0.3 is 10.6 Å². The molecule has 2 unspecified atom stereocenters. The fourth-order valence-electron chi connectivity index (χ4n) is 2.65. The maximum Gasteiger partial charge on any atom is 0.225 e. The molecule has 1 heterocycles. The summed E-state index contributed by atoms with van der Waals surface area (Å²) in [5.41, 5.74) is 8.58. The second kappa shape index (κ2) is 5.53. The number of rotatable bonds is 3. The van der Waals surface area contributed by atoms with Crippen LogP contribution in [-0.2, 0) is 4.79 Å². The summed E-state index contributed by atoms with van der Waals surface area (Å²) in [4.78, 5) is 14.0. The topological polar surface area (TPSA) is 46.3 Å². The summed E-state index contributed by atoms with van der Waals surface area (Å²) in [5.74, 6) is 0.410. The number of likely N-dealkylation sites (tertiary alicyclic amines) is 1. The number of aryl methyl sites for hydroxylation is 1. The smallest absolute Gasteiger partial charge is 0.225 e. The molecule has 1 aromatic rings. The van der Waals surface area contributed by atoms with E-state index < -0.39 is 0 Å². The van der Waals surface area contributed by atoms with Crippen molar-refractivity contribution in [2.45, 2.75) is 32.7 Å². The van der Waals surface area contributed by atoms with Crippen molar-refractivity contribution in [3.63, 3.8) is 0 Å². The molecule has 2 N–H and O–H groups in total. The molecule has 18 heavy (non-hydrogen) atoms. The molecule has 0 aliphatic carbocycles. The Morgan fingerprint density at radius 1 is 1.44 bits per heavy atom. The summed E-state index contributed by atoms with van der Waals surface area (Å²) >= 11 is 0. The van der Waals surface area contributed by atoms with Gasteiger partial charge in [0.05, 0.1) is 0 Å². The van der Waals surface area contributed by atoms with Crippen molar-refractivity contribution in [2.24, 2.45) is 11.7 Å². The van der Waals surface area contributed by atoms with Crippen molar-refractivity contribution in [1.82, 2.24) is 4.90 Å². The van der Waals surface area contributed by atoms with Gasteiger partial charge in [-0.3, -0.25) is 4.79 Å². The first-order valence-corrected chi connectivity index (χ1v) is 6.69. The van der Waals surface area contributed by atoms with Crippen molar-refractivity contribution in [3.05, 3.63) is 35.4 Å². The van der Waals surface area contributed by atoms with E-state index in [4.69, 9.17) is 5.73 Å². The molecular weight excluding hydrogens is 224 g/mol. The van der Waals surface area contributed by atoms with Gasteiger partial charge in [-0.2, -0.15) is 0 Å². The summed E-state index contributed by atoms with van der Waals surface area (Å²) in [5, 5.41) is 0. The Balaban J connectivity index is 2.05. The number of benzene rings is 1. The van der Waals surface area contributed by atoms with Crippen LogP contribution >= 0.6 is 0 Å². The van der Waals surface area contributed by atoms with Crippen LogP contribution in [0.4, 0.5) is 0 Å². The molecule has 2 rings (SSSR count). The van der Waals surface area contributed by atoms with Crippen molar-refractivity contribution in [3.8, 4) is 0 Å². The van der Waals surface area contributed by atoms with Gasteiger partial charge in [0.2, 0.25) is 5.91 Å². The third-order valence-corrected chi connectivity index (χ3v) is 3.80. The van der Waals surface area contributed by atoms with Crippen LogP contribution in [0.25, 0.3) is 0 Å². The van der Waals surface area contributed by atoms with Gasteiger partial charge in [0.1, 0.15) is 0 Å². The van der Waals surface area contributed by atoms with Crippen molar-refractivity contribution in [1.29, 1.82) is 0 Å². The third kappa shape index (κ3) is 2.72. The van der Waals surface area contributed by atoms with Crippen LogP contribution in [0.15, 0.2) is 24.3 Å². The van der Waals surface area contributed by atoms with Gasteiger partial charge in [0, 0.05) is 25.0 Å². The van der Waals surface area contributed by atoms with E-state index >= 15 is 0 Å². The van der Waals surface area contributed by atoms with Gasteiger partial charge in [-0.15, -0.1) is 0 Å². The minimum absolute atomic E-state index is 0.0829. The Morgan fingerprint density at radius 2 is 2.17 bits per heavy atom. The highest BCUT2D eigenvalue weighted by atomic mass is 16.2. The molecule has 0 saturated carbocycles. The molecule has 0 radical (unpaired) electrons. The minimum Gasteiger partial charge on any atom is -0.341 e. The molecule has 1 fully saturated rings. The van der Waals surface area contributed by atoms with E-state index in [0.717, 1.165) is 24.9 Å². The number of amides is 1. The molecule has 1 aliphatic heterocycles. The van der Waals surface area contributed by atoms with E-state index in [-0.39, 0.29) is 17.9 Å². The SMILES string of the molecule is Cc1ccccc1C(N)CN1CCCC(C)C1=O. The van der Waals surface area contributed by atoms with Gasteiger partial charge in [0.15, 0.2) is 0 Å². The minimum atomic E-state index is -0.0829. The number of piperidine rings is 1. The number of carbonyl (C=O) groups is 1. The van der Waals surface area contributed by atoms with Crippen molar-refractivity contribution in [2.75, 3.05) is 13.1 Å². The number of carbonyl (C=O) groups excluding carboxylic acids is 1. The van der Waals surface area contributed by atoms with Crippen LogP contribution < -0.4 is 5.73 Å². The van der Waals surface area contributed by atoms with Crippen molar-refractivity contribution < 1.29 is 4.79 Å². The largest absolute Gasteiger partial charge is 0.341 e. The van der Waals surface area contributed by atoms with Crippen LogP contribution in [0.2, 0.25) is 0 Å². The fraction of sp³-hybridized carbons (Fsp3) is 0.533. The van der Waals surface area contributed by atoms with Crippen LogP contribution in [0.5, 0.6) is 0 Å². The second-order valence-corrected chi connectivity index (χ2v) is 5.29. The summed E-state index contributed by atoms with van der Waals surface area (Å²) in [6, 6.07) is 8.05. The summed E-state index contributed by atoms with van der Waals surface area (Å²) in [6.45, 7) is 5.56. The van der Waals surface area contributed by atoms with E-state index in [2.05, 4.69) is 19.1 Å². The third-order valence-electron chi connectivity index (χ3n) is 3.80. The standard InChI is InChI=1S/C15H22N2O/c1-11-6-3-4-8-13(11)14(16)10-17-9-5-7-12(2)15(17)18/h3-4,6,8,12,14H,5,7,9-10,16H2,1-2H3. The second-order valence-electron chi connectivity index (χ2n) is 5.29. The molecule has 1 amide bonds. The number of hydrogen-bond donors (Lipinski definition) is 1. The highest BCUT2D eigenvalue weighted by Crippen LogP contribution is 2.21. The maximum absolute atomic E-state index is 12.0. The molecule has 1 aliphatic rings. The Kier molecular flexibility index (Phi) is 4.02. The molecule has 3 nitrogen and oxygen atoms in total. The zero-order valence-electron chi connectivity index (χ0n) is 11.2. The number of hydrogen-bond acceptors (Lipinski definition) is 2. The summed E-state index contributed by atoms with van der Waals surface area (Å²) in [7, 11) is 0. The first-order valence-electron chi connectivity index (χ1n) is 6.69. The van der Waals surface area contributed by atoms with E-state index in [1.807, 2.05) is 24.0 Å². The molecule has 1 saturated heterocycles. The van der Waals surface area contributed by atoms with Crippen LogP contribution in [-0.4, -0.2) is 23.9 Å². The zero-order valence-corrected chi connectivity index (χ0v) is 11.2. The lowest BCUT2D eigenvalue weighted by atomic mass is 9.97. The maximum atomic E-state index is 12.0. The zero-order chi connectivity index (χ0) is 13.1. The van der Waals surface area contributed by atoms with Gasteiger partial charge in [-0.25, -0.2) is 0 Å². The average Bonchev–Trinajstić information content (AvgIpc) is 2.35. The van der Waals surface area contributed by atoms with Crippen LogP contribution in [0, 0.1) is 12.8 Å². The Bertz CT molecular complexity index is 430. The van der Waals surface area contributed by atoms with Gasteiger partial charge in [-0.05, 0) is 30.9 Å². The summed E-state index contributed by atoms with van der Waals surface area (Å²) < 4.78 is 0. The van der Waals surface area contributed by atoms with Crippen LogP contribution in [0.1, 0.15) is 36.9 Å². The lowest BCUT2D eigenvalue weighted by Crippen LogP contribution is -2.43. The molecule has 3 heteroatoms. The van der Waals surface area contributed by atoms with Gasteiger partial charge >= 0.3 is 0 Å². The summed E-state index contributed by atoms with van der Waals surface area (Å²) in [6.07, 6.45) is 2.10. The number of nitrogens with two attached hydrogens (primary N) is 1. The highest BCUT2D eigenvalue weighted by Gasteiger charge is 2.26. The van der Waals surface area contributed by atoms with E-state index in [9.17, 15) is 4.79 Å². The Hall–Kier alpha value is -1.35. The predicted octanol–water partition coefficient (Wildman–Crippen LogP) is 2.25. The molecular formula is C15H22N2O. The van der Waals surface area contributed by atoms with E-state index in [0.29, 0.717) is 6.54 Å². The van der Waals surface area contributed by atoms with Gasteiger partial charge in [-0.1, -0.05) is 31.2 Å². The molecule has 2 atom stereocenters. The average molecular weight is 246 g/mol. The lowest BCUT2D eigenvalue weighted by Gasteiger charge is -2.32. The van der Waals surface area contributed by atoms with E-state index in [1.165, 1.54) is 5.56 Å². The molecule has 1 aromatic carbocycles.